The van der Waals surface area contributed by atoms with Crippen molar-refractivity contribution in [3.63, 3.8) is 0 Å². The highest BCUT2D eigenvalue weighted by Crippen LogP contribution is 2.39. The van der Waals surface area contributed by atoms with Crippen molar-refractivity contribution in [1.29, 1.82) is 0 Å². The van der Waals surface area contributed by atoms with Gasteiger partial charge < -0.3 is 15.8 Å². The smallest absolute Gasteiger partial charge is 0.188 e. The lowest BCUT2D eigenvalue weighted by atomic mass is 9.74. The SMILES string of the molecule is CCN1CCCC1CNC(N)=NCC1(c2ccc(Cl)cc2Cl)CCOCC1.I. The van der Waals surface area contributed by atoms with Crippen molar-refractivity contribution < 1.29 is 4.74 Å². The quantitative estimate of drug-likeness (QED) is 0.324. The molecule has 0 aliphatic carbocycles. The molecule has 0 amide bonds. The third-order valence-corrected chi connectivity index (χ3v) is 6.48. The maximum absolute atomic E-state index is 6.52. The Bertz CT molecular complexity index is 668. The van der Waals surface area contributed by atoms with Crippen LogP contribution in [0.1, 0.15) is 38.2 Å². The molecule has 2 saturated heterocycles. The van der Waals surface area contributed by atoms with Crippen LogP contribution in [0.5, 0.6) is 0 Å². The summed E-state index contributed by atoms with van der Waals surface area (Å²) in [5.41, 5.74) is 7.12. The molecule has 3 N–H and O–H groups in total. The number of likely N-dealkylation sites (N-methyl/N-ethyl adjacent to an activating group) is 1. The molecule has 1 aromatic rings. The molecule has 2 aliphatic rings. The Morgan fingerprint density at radius 3 is 2.79 bits per heavy atom. The van der Waals surface area contributed by atoms with Crippen molar-refractivity contribution >= 4 is 53.1 Å². The van der Waals surface area contributed by atoms with E-state index in [0.29, 0.717) is 41.8 Å². The van der Waals surface area contributed by atoms with Crippen LogP contribution >= 0.6 is 47.2 Å². The largest absolute Gasteiger partial charge is 0.381 e. The molecule has 158 valence electrons. The molecular weight excluding hydrogens is 510 g/mol. The molecule has 2 heterocycles. The summed E-state index contributed by atoms with van der Waals surface area (Å²) in [5.74, 6) is 0.508. The van der Waals surface area contributed by atoms with E-state index in [9.17, 15) is 0 Å². The molecule has 28 heavy (non-hydrogen) atoms. The summed E-state index contributed by atoms with van der Waals surface area (Å²) < 4.78 is 5.59. The number of halogens is 3. The van der Waals surface area contributed by atoms with Gasteiger partial charge >= 0.3 is 0 Å². The molecule has 0 aromatic heterocycles. The van der Waals surface area contributed by atoms with Gasteiger partial charge in [0.05, 0.1) is 6.54 Å². The normalized spacial score (nSPS) is 22.7. The number of aliphatic imine (C=N–C) groups is 1. The van der Waals surface area contributed by atoms with Gasteiger partial charge in [-0.05, 0) is 56.5 Å². The number of nitrogens with two attached hydrogens (primary N) is 1. The molecule has 0 bridgehead atoms. The predicted octanol–water partition coefficient (Wildman–Crippen LogP) is 4.05. The molecule has 5 nitrogen and oxygen atoms in total. The molecule has 1 atom stereocenters. The number of benzene rings is 1. The first-order valence-electron chi connectivity index (χ1n) is 9.85. The van der Waals surface area contributed by atoms with Gasteiger partial charge in [0.25, 0.3) is 0 Å². The van der Waals surface area contributed by atoms with Crippen molar-refractivity contribution in [2.45, 2.75) is 44.1 Å². The molecule has 0 radical (unpaired) electrons. The van der Waals surface area contributed by atoms with E-state index < -0.39 is 0 Å². The van der Waals surface area contributed by atoms with Crippen molar-refractivity contribution in [2.24, 2.45) is 10.7 Å². The summed E-state index contributed by atoms with van der Waals surface area (Å²) >= 11 is 12.6. The van der Waals surface area contributed by atoms with Crippen LogP contribution in [0.4, 0.5) is 0 Å². The Balaban J connectivity index is 0.00000280. The first-order valence-corrected chi connectivity index (χ1v) is 10.6. The highest BCUT2D eigenvalue weighted by atomic mass is 127. The van der Waals surface area contributed by atoms with E-state index in [1.54, 1.807) is 6.07 Å². The number of nitrogens with zero attached hydrogens (tertiary/aromatic N) is 2. The summed E-state index contributed by atoms with van der Waals surface area (Å²) in [5, 5.41) is 4.66. The standard InChI is InChI=1S/C20H30Cl2N4O.HI/c1-2-26-9-3-4-16(26)13-24-19(23)25-14-20(7-10-27-11-8-20)17-6-5-15(21)12-18(17)22;/h5-6,12,16H,2-4,7-11,13-14H2,1H3,(H3,23,24,25);1H. The molecule has 0 spiro atoms. The zero-order chi connectivity index (χ0) is 19.3. The summed E-state index contributed by atoms with van der Waals surface area (Å²) in [6.07, 6.45) is 4.22. The number of likely N-dealkylation sites (tertiary alicyclic amines) is 1. The average molecular weight is 541 g/mol. The Labute approximate surface area is 195 Å². The first kappa shape index (κ1) is 24.0. The van der Waals surface area contributed by atoms with Crippen LogP contribution in [-0.2, 0) is 10.2 Å². The van der Waals surface area contributed by atoms with Gasteiger partial charge in [-0.15, -0.1) is 24.0 Å². The van der Waals surface area contributed by atoms with Crippen LogP contribution in [0.25, 0.3) is 0 Å². The van der Waals surface area contributed by atoms with Crippen molar-refractivity contribution in [3.05, 3.63) is 33.8 Å². The number of guanidine groups is 1. The molecule has 1 aromatic carbocycles. The van der Waals surface area contributed by atoms with Crippen molar-refractivity contribution in [2.75, 3.05) is 39.4 Å². The highest BCUT2D eigenvalue weighted by Gasteiger charge is 2.36. The van der Waals surface area contributed by atoms with Gasteiger partial charge in [-0.2, -0.15) is 0 Å². The van der Waals surface area contributed by atoms with Crippen LogP contribution in [0.2, 0.25) is 10.0 Å². The second kappa shape index (κ2) is 11.2. The molecule has 2 fully saturated rings. The van der Waals surface area contributed by atoms with Crippen LogP contribution in [-0.4, -0.2) is 56.3 Å². The lowest BCUT2D eigenvalue weighted by Gasteiger charge is -2.37. The van der Waals surface area contributed by atoms with Crippen LogP contribution in [0.15, 0.2) is 23.2 Å². The van der Waals surface area contributed by atoms with E-state index in [1.807, 2.05) is 12.1 Å². The first-order chi connectivity index (χ1) is 13.0. The monoisotopic (exact) mass is 540 g/mol. The summed E-state index contributed by atoms with van der Waals surface area (Å²) in [4.78, 5) is 7.18. The number of rotatable bonds is 6. The average Bonchev–Trinajstić information content (AvgIpc) is 3.13. The Kier molecular flexibility index (Phi) is 9.60. The number of nitrogens with one attached hydrogen (secondary N) is 1. The Morgan fingerprint density at radius 1 is 1.36 bits per heavy atom. The zero-order valence-electron chi connectivity index (χ0n) is 16.4. The molecule has 3 rings (SSSR count). The fourth-order valence-corrected chi connectivity index (χ4v) is 4.86. The number of hydrogen-bond acceptors (Lipinski definition) is 3. The second-order valence-corrected chi connectivity index (χ2v) is 8.37. The third-order valence-electron chi connectivity index (χ3n) is 5.93. The fraction of sp³-hybridized carbons (Fsp3) is 0.650. The number of ether oxygens (including phenoxy) is 1. The van der Waals surface area contributed by atoms with E-state index in [0.717, 1.165) is 31.5 Å². The van der Waals surface area contributed by atoms with Gasteiger partial charge in [-0.25, -0.2) is 0 Å². The minimum absolute atomic E-state index is 0. The van der Waals surface area contributed by atoms with Crippen LogP contribution in [0.3, 0.4) is 0 Å². The van der Waals surface area contributed by atoms with Crippen LogP contribution in [0, 0.1) is 0 Å². The Morgan fingerprint density at radius 2 is 2.11 bits per heavy atom. The van der Waals surface area contributed by atoms with E-state index in [2.05, 4.69) is 22.1 Å². The minimum Gasteiger partial charge on any atom is -0.381 e. The molecule has 0 saturated carbocycles. The van der Waals surface area contributed by atoms with Crippen LogP contribution < -0.4 is 11.1 Å². The van der Waals surface area contributed by atoms with Crippen molar-refractivity contribution in [3.8, 4) is 0 Å². The highest BCUT2D eigenvalue weighted by molar-refractivity contribution is 14.0. The topological polar surface area (TPSA) is 62.9 Å². The maximum atomic E-state index is 6.52. The third kappa shape index (κ3) is 5.88. The molecule has 2 aliphatic heterocycles. The van der Waals surface area contributed by atoms with Crippen molar-refractivity contribution in [1.82, 2.24) is 10.2 Å². The van der Waals surface area contributed by atoms with E-state index in [1.165, 1.54) is 19.4 Å². The van der Waals surface area contributed by atoms with Gasteiger partial charge in [-0.3, -0.25) is 9.89 Å². The lowest BCUT2D eigenvalue weighted by Crippen LogP contribution is -2.44. The second-order valence-electron chi connectivity index (χ2n) is 7.52. The van der Waals surface area contributed by atoms with Gasteiger partial charge in [-0.1, -0.05) is 36.2 Å². The minimum atomic E-state index is -0.158. The number of hydrogen-bond donors (Lipinski definition) is 2. The Hall–Kier alpha value is -0.280. The van der Waals surface area contributed by atoms with Gasteiger partial charge in [0.2, 0.25) is 0 Å². The molecule has 8 heteroatoms. The molecule has 1 unspecified atom stereocenters. The van der Waals surface area contributed by atoms with Gasteiger partial charge in [0, 0.05) is 41.3 Å². The molecular formula is C20H31Cl2IN4O. The van der Waals surface area contributed by atoms with Gasteiger partial charge in [0.15, 0.2) is 5.96 Å². The summed E-state index contributed by atoms with van der Waals surface area (Å²) in [7, 11) is 0. The lowest BCUT2D eigenvalue weighted by molar-refractivity contribution is 0.0531. The maximum Gasteiger partial charge on any atom is 0.188 e. The van der Waals surface area contributed by atoms with E-state index >= 15 is 0 Å². The fourth-order valence-electron chi connectivity index (χ4n) is 4.25. The summed E-state index contributed by atoms with van der Waals surface area (Å²) in [6, 6.07) is 6.27. The summed E-state index contributed by atoms with van der Waals surface area (Å²) in [6.45, 7) is 7.32. The van der Waals surface area contributed by atoms with Gasteiger partial charge in [0.1, 0.15) is 0 Å². The van der Waals surface area contributed by atoms with E-state index in [-0.39, 0.29) is 29.4 Å². The zero-order valence-corrected chi connectivity index (χ0v) is 20.3. The predicted molar refractivity (Wildman–Crippen MR) is 128 cm³/mol. The van der Waals surface area contributed by atoms with E-state index in [4.69, 9.17) is 33.7 Å².